The maximum atomic E-state index is 12.4. The average molecular weight is 915 g/mol. The molecule has 0 saturated carbocycles. The van der Waals surface area contributed by atoms with Gasteiger partial charge in [-0.05, 0) is 39.2 Å². The third-order valence-corrected chi connectivity index (χ3v) is 9.83. The minimum atomic E-state index is -1.51. The largest absolute Gasteiger partial charge is 0.481 e. The Labute approximate surface area is 378 Å². The lowest BCUT2D eigenvalue weighted by atomic mass is 10.0. The van der Waals surface area contributed by atoms with Gasteiger partial charge in [0.05, 0.1) is 39.4 Å². The van der Waals surface area contributed by atoms with Crippen molar-refractivity contribution < 1.29 is 67.9 Å². The molecule has 0 aromatic rings. The maximum absolute atomic E-state index is 12.4. The highest BCUT2D eigenvalue weighted by Gasteiger charge is 2.27. The van der Waals surface area contributed by atoms with E-state index < -0.39 is 60.2 Å². The lowest BCUT2D eigenvalue weighted by Gasteiger charge is -2.19. The maximum Gasteiger partial charge on any atom is 0.326 e. The molecule has 0 rings (SSSR count). The Balaban J connectivity index is 3.81. The van der Waals surface area contributed by atoms with E-state index in [1.807, 2.05) is 0 Å². The molecule has 20 nitrogen and oxygen atoms in total. The Morgan fingerprint density at radius 1 is 0.500 bits per heavy atom. The summed E-state index contributed by atoms with van der Waals surface area (Å²) >= 11 is 0. The highest BCUT2D eigenvalue weighted by Crippen LogP contribution is 2.14. The van der Waals surface area contributed by atoms with Crippen molar-refractivity contribution >= 4 is 47.4 Å². The number of carboxylic acids is 3. The van der Waals surface area contributed by atoms with Gasteiger partial charge >= 0.3 is 17.9 Å². The molecule has 0 aliphatic carbocycles. The minimum absolute atomic E-state index is 0.00926. The predicted molar refractivity (Wildman–Crippen MR) is 238 cm³/mol. The fourth-order valence-corrected chi connectivity index (χ4v) is 6.25. The van der Waals surface area contributed by atoms with Crippen LogP contribution in [0.15, 0.2) is 12.7 Å². The van der Waals surface area contributed by atoms with Crippen LogP contribution in [0.2, 0.25) is 0 Å². The summed E-state index contributed by atoms with van der Waals surface area (Å²) in [5.74, 6) is -5.82. The molecule has 0 fully saturated rings. The number of hydrogen-bond donors (Lipinski definition) is 9. The number of aliphatic carboxylic acids is 3. The number of likely N-dealkylation sites (N-methyl/N-ethyl adjacent to an activating group) is 1. The Morgan fingerprint density at radius 2 is 0.953 bits per heavy atom. The van der Waals surface area contributed by atoms with Crippen LogP contribution >= 0.6 is 0 Å². The monoisotopic (exact) mass is 915 g/mol. The van der Waals surface area contributed by atoms with Gasteiger partial charge in [-0.3, -0.25) is 28.8 Å². The number of unbranched alkanes of at least 4 members (excludes halogenated alkanes) is 13. The van der Waals surface area contributed by atoms with Crippen LogP contribution in [0.4, 0.5) is 0 Å². The summed E-state index contributed by atoms with van der Waals surface area (Å²) in [6.07, 6.45) is 17.1. The molecule has 0 aliphatic rings. The quantitative estimate of drug-likeness (QED) is 0.0313. The number of carbonyl (C=O) groups is 8. The SMILES string of the molecule is C=C[C@H](NC(=O)CNC)C(=O)N[C@@H](CC(=O)NCCCOCCOCCOCCCNC(=O)CC[C@H](NC(=O)CCCCCCCCCCCCCCCCC(=O)O)C(=O)O)C(=O)O. The Kier molecular flexibility index (Phi) is 38.1. The van der Waals surface area contributed by atoms with Crippen LogP contribution in [-0.2, 0) is 52.6 Å². The van der Waals surface area contributed by atoms with E-state index in [4.69, 9.17) is 19.3 Å². The summed E-state index contributed by atoms with van der Waals surface area (Å²) in [4.78, 5) is 94.7. The topological polar surface area (TPSA) is 297 Å². The third kappa shape index (κ3) is 36.8. The molecule has 0 saturated heterocycles. The van der Waals surface area contributed by atoms with E-state index in [1.165, 1.54) is 44.9 Å². The van der Waals surface area contributed by atoms with E-state index in [1.54, 1.807) is 7.05 Å². The number of rotatable bonds is 45. The van der Waals surface area contributed by atoms with Crippen LogP contribution < -0.4 is 31.9 Å². The lowest BCUT2D eigenvalue weighted by Crippen LogP contribution is -2.52. The zero-order valence-electron chi connectivity index (χ0n) is 38.1. The van der Waals surface area contributed by atoms with E-state index in [-0.39, 0.29) is 50.6 Å². The fraction of sp³-hybridized carbons (Fsp3) is 0.773. The number of ether oxygens (including phenoxy) is 3. The molecule has 0 radical (unpaired) electrons. The van der Waals surface area contributed by atoms with Gasteiger partial charge in [0, 0.05) is 45.6 Å². The lowest BCUT2D eigenvalue weighted by molar-refractivity contribution is -0.143. The van der Waals surface area contributed by atoms with Crippen LogP contribution in [0.1, 0.15) is 135 Å². The van der Waals surface area contributed by atoms with Gasteiger partial charge in [0.2, 0.25) is 29.5 Å². The molecule has 0 bridgehead atoms. The number of hydrogen-bond acceptors (Lipinski definition) is 12. The van der Waals surface area contributed by atoms with Crippen LogP contribution in [0.25, 0.3) is 0 Å². The van der Waals surface area contributed by atoms with Gasteiger partial charge < -0.3 is 61.4 Å². The van der Waals surface area contributed by atoms with E-state index >= 15 is 0 Å². The third-order valence-electron chi connectivity index (χ3n) is 9.83. The minimum Gasteiger partial charge on any atom is -0.481 e. The molecule has 3 atom stereocenters. The van der Waals surface area contributed by atoms with Gasteiger partial charge in [0.25, 0.3) is 0 Å². The first-order valence-electron chi connectivity index (χ1n) is 22.9. The smallest absolute Gasteiger partial charge is 0.326 e. The Bertz CT molecular complexity index is 1350. The van der Waals surface area contributed by atoms with Crippen molar-refractivity contribution in [1.82, 2.24) is 31.9 Å². The van der Waals surface area contributed by atoms with Gasteiger partial charge in [-0.15, -0.1) is 6.58 Å². The average Bonchev–Trinajstić information content (AvgIpc) is 3.24. The second-order valence-electron chi connectivity index (χ2n) is 15.5. The molecular formula is C44H78N6O14. The molecule has 5 amide bonds. The van der Waals surface area contributed by atoms with Crippen LogP contribution in [0.5, 0.6) is 0 Å². The number of carbonyl (C=O) groups excluding carboxylic acids is 5. The summed E-state index contributed by atoms with van der Waals surface area (Å²) in [6.45, 7) is 5.96. The van der Waals surface area contributed by atoms with Crippen LogP contribution in [0.3, 0.4) is 0 Å². The summed E-state index contributed by atoms with van der Waals surface area (Å²) < 4.78 is 16.4. The van der Waals surface area contributed by atoms with Crippen molar-refractivity contribution in [2.45, 2.75) is 153 Å². The summed E-state index contributed by atoms with van der Waals surface area (Å²) in [5, 5.41) is 42.7. The highest BCUT2D eigenvalue weighted by molar-refractivity contribution is 5.93. The van der Waals surface area contributed by atoms with Gasteiger partial charge in [0.15, 0.2) is 0 Å². The van der Waals surface area contributed by atoms with E-state index in [0.29, 0.717) is 65.4 Å². The molecule has 0 heterocycles. The van der Waals surface area contributed by atoms with Gasteiger partial charge in [0.1, 0.15) is 18.1 Å². The van der Waals surface area contributed by atoms with Crippen molar-refractivity contribution in [2.24, 2.45) is 0 Å². The second-order valence-corrected chi connectivity index (χ2v) is 15.5. The molecule has 0 aliphatic heterocycles. The molecule has 64 heavy (non-hydrogen) atoms. The van der Waals surface area contributed by atoms with E-state index in [2.05, 4.69) is 38.5 Å². The van der Waals surface area contributed by atoms with Crippen LogP contribution in [-0.4, -0.2) is 147 Å². The highest BCUT2D eigenvalue weighted by atomic mass is 16.5. The molecule has 368 valence electrons. The summed E-state index contributed by atoms with van der Waals surface area (Å²) in [7, 11) is 1.55. The Morgan fingerprint density at radius 3 is 1.41 bits per heavy atom. The molecule has 0 spiro atoms. The fourth-order valence-electron chi connectivity index (χ4n) is 6.25. The molecule has 9 N–H and O–H groups in total. The van der Waals surface area contributed by atoms with E-state index in [9.17, 15) is 48.6 Å². The first-order valence-corrected chi connectivity index (χ1v) is 22.9. The standard InChI is InChI=1S/C44H78N6O14/c1-3-34(48-40(54)33-45-2)42(57)50-36(44(60)61)32-39(53)47-25-19-27-63-29-31-64-30-28-62-26-18-24-46-37(51)23-22-35(43(58)59)49-38(52)20-16-14-12-10-8-6-4-5-7-9-11-13-15-17-21-41(55)56/h3,34-36,45H,1,4-33H2,2H3,(H,46,51)(H,47,53)(H,48,54)(H,49,52)(H,50,57)(H,55,56)(H,58,59)(H,60,61)/t34-,35-,36-/m0/s1. The first kappa shape index (κ1) is 59.3. The van der Waals surface area contributed by atoms with Crippen molar-refractivity contribution in [3.05, 3.63) is 12.7 Å². The first-order chi connectivity index (χ1) is 30.8. The predicted octanol–water partition coefficient (Wildman–Crippen LogP) is 2.57. The molecule has 0 aromatic carbocycles. The second kappa shape index (κ2) is 41.1. The zero-order chi connectivity index (χ0) is 47.6. The molecular weight excluding hydrogens is 837 g/mol. The number of carboxylic acid groups (broad SMARTS) is 3. The Hall–Kier alpha value is -4.66. The van der Waals surface area contributed by atoms with E-state index in [0.717, 1.165) is 44.6 Å². The van der Waals surface area contributed by atoms with Crippen molar-refractivity contribution in [3.8, 4) is 0 Å². The number of nitrogens with one attached hydrogen (secondary N) is 6. The van der Waals surface area contributed by atoms with Gasteiger partial charge in [-0.2, -0.15) is 0 Å². The normalized spacial score (nSPS) is 12.3. The van der Waals surface area contributed by atoms with Crippen molar-refractivity contribution in [3.63, 3.8) is 0 Å². The molecule has 0 unspecified atom stereocenters. The van der Waals surface area contributed by atoms with Crippen molar-refractivity contribution in [1.29, 1.82) is 0 Å². The van der Waals surface area contributed by atoms with Crippen molar-refractivity contribution in [2.75, 3.05) is 66.3 Å². The molecule has 20 heteroatoms. The number of amides is 5. The van der Waals surface area contributed by atoms with Gasteiger partial charge in [-0.1, -0.05) is 83.1 Å². The van der Waals surface area contributed by atoms with Crippen LogP contribution in [0, 0.1) is 0 Å². The molecule has 0 aromatic heterocycles. The summed E-state index contributed by atoms with van der Waals surface area (Å²) in [6, 6.07) is -3.80. The summed E-state index contributed by atoms with van der Waals surface area (Å²) in [5.41, 5.74) is 0. The van der Waals surface area contributed by atoms with Gasteiger partial charge in [-0.25, -0.2) is 9.59 Å². The zero-order valence-corrected chi connectivity index (χ0v) is 38.1.